The standard InChI is InChI=1S/C21H26N4O6S2/c1-15-8-10-18(11-9-15)33(29,30)24-20(27)23-17-7-5-6-16(14-17)19(26)31-13-4-3-12-22-21(28)25(2)32/h5-11,14,32H,3-4,12-13H2,1-2H3,(H,22,28)(H2,23,24,27). The first kappa shape index (κ1) is 26.0. The third-order valence-electron chi connectivity index (χ3n) is 4.29. The number of nitrogens with one attached hydrogen (secondary N) is 3. The third-order valence-corrected chi connectivity index (χ3v) is 5.82. The monoisotopic (exact) mass is 494 g/mol. The highest BCUT2D eigenvalue weighted by molar-refractivity contribution is 7.90. The van der Waals surface area contributed by atoms with Crippen LogP contribution in [0.5, 0.6) is 0 Å². The number of aryl methyl sites for hydroxylation is 1. The summed E-state index contributed by atoms with van der Waals surface area (Å²) < 4.78 is 32.9. The lowest BCUT2D eigenvalue weighted by molar-refractivity contribution is 0.0498. The molecule has 0 aliphatic carbocycles. The van der Waals surface area contributed by atoms with Gasteiger partial charge in [-0.25, -0.2) is 27.5 Å². The summed E-state index contributed by atoms with van der Waals surface area (Å²) in [5.41, 5.74) is 1.30. The summed E-state index contributed by atoms with van der Waals surface area (Å²) in [7, 11) is -2.53. The topological polar surface area (TPSA) is 134 Å². The van der Waals surface area contributed by atoms with Gasteiger partial charge in [0.05, 0.1) is 17.1 Å². The van der Waals surface area contributed by atoms with Crippen molar-refractivity contribution in [1.82, 2.24) is 14.3 Å². The molecule has 2 aromatic rings. The Labute approximate surface area is 198 Å². The van der Waals surface area contributed by atoms with Crippen molar-refractivity contribution in [1.29, 1.82) is 0 Å². The molecule has 0 aliphatic heterocycles. The lowest BCUT2D eigenvalue weighted by Gasteiger charge is -2.11. The molecule has 178 valence electrons. The highest BCUT2D eigenvalue weighted by Gasteiger charge is 2.18. The van der Waals surface area contributed by atoms with Gasteiger partial charge in [-0.2, -0.15) is 0 Å². The molecule has 2 aromatic carbocycles. The van der Waals surface area contributed by atoms with E-state index in [0.29, 0.717) is 19.4 Å². The Bertz CT molecular complexity index is 1090. The number of nitrogens with zero attached hydrogens (tertiary/aromatic N) is 1. The van der Waals surface area contributed by atoms with Gasteiger partial charge in [0, 0.05) is 19.3 Å². The fraction of sp³-hybridized carbons (Fsp3) is 0.286. The maximum Gasteiger partial charge on any atom is 0.338 e. The Kier molecular flexibility index (Phi) is 9.55. The molecule has 0 saturated heterocycles. The molecule has 33 heavy (non-hydrogen) atoms. The second-order valence-electron chi connectivity index (χ2n) is 7.05. The third kappa shape index (κ3) is 8.66. The highest BCUT2D eigenvalue weighted by atomic mass is 32.2. The molecule has 0 aliphatic rings. The number of unbranched alkanes of at least 4 members (excludes halogenated alkanes) is 1. The van der Waals surface area contributed by atoms with Gasteiger partial charge in [0.15, 0.2) is 0 Å². The number of rotatable bonds is 9. The number of urea groups is 2. The van der Waals surface area contributed by atoms with Crippen LogP contribution in [0.2, 0.25) is 0 Å². The summed E-state index contributed by atoms with van der Waals surface area (Å²) >= 11 is 3.86. The fourth-order valence-electron chi connectivity index (χ4n) is 2.56. The van der Waals surface area contributed by atoms with E-state index in [9.17, 15) is 22.8 Å². The van der Waals surface area contributed by atoms with Gasteiger partial charge in [0.25, 0.3) is 10.0 Å². The van der Waals surface area contributed by atoms with E-state index in [4.69, 9.17) is 4.74 Å². The van der Waals surface area contributed by atoms with Crippen LogP contribution in [0.15, 0.2) is 53.4 Å². The minimum absolute atomic E-state index is 0.0437. The molecular weight excluding hydrogens is 468 g/mol. The predicted molar refractivity (Wildman–Crippen MR) is 127 cm³/mol. The van der Waals surface area contributed by atoms with Crippen molar-refractivity contribution in [3.63, 3.8) is 0 Å². The smallest absolute Gasteiger partial charge is 0.338 e. The van der Waals surface area contributed by atoms with Crippen LogP contribution in [0.1, 0.15) is 28.8 Å². The maximum absolute atomic E-state index is 12.3. The number of benzene rings is 2. The quantitative estimate of drug-likeness (QED) is 0.241. The summed E-state index contributed by atoms with van der Waals surface area (Å²) in [5.74, 6) is -0.592. The van der Waals surface area contributed by atoms with Crippen molar-refractivity contribution < 1.29 is 27.5 Å². The number of thiol groups is 1. The number of anilines is 1. The molecule has 0 heterocycles. The number of carbonyl (C=O) groups is 3. The molecule has 0 unspecified atom stereocenters. The summed E-state index contributed by atoms with van der Waals surface area (Å²) in [4.78, 5) is 35.7. The van der Waals surface area contributed by atoms with E-state index in [2.05, 4.69) is 23.4 Å². The number of ether oxygens (including phenoxy) is 1. The highest BCUT2D eigenvalue weighted by Crippen LogP contribution is 2.13. The van der Waals surface area contributed by atoms with Gasteiger partial charge in [-0.15, -0.1) is 0 Å². The van der Waals surface area contributed by atoms with Gasteiger partial charge in [0.2, 0.25) is 0 Å². The molecule has 0 spiro atoms. The summed E-state index contributed by atoms with van der Waals surface area (Å²) in [6.45, 7) is 2.39. The molecule has 2 rings (SSSR count). The minimum Gasteiger partial charge on any atom is -0.462 e. The van der Waals surface area contributed by atoms with E-state index < -0.39 is 22.0 Å². The van der Waals surface area contributed by atoms with Crippen LogP contribution in [0.3, 0.4) is 0 Å². The van der Waals surface area contributed by atoms with Gasteiger partial charge < -0.3 is 15.4 Å². The van der Waals surface area contributed by atoms with Gasteiger partial charge >= 0.3 is 18.0 Å². The first-order valence-electron chi connectivity index (χ1n) is 9.96. The zero-order chi connectivity index (χ0) is 24.4. The molecule has 0 radical (unpaired) electrons. The number of hydrogen-bond donors (Lipinski definition) is 4. The van der Waals surface area contributed by atoms with Crippen molar-refractivity contribution in [3.05, 3.63) is 59.7 Å². The molecule has 12 heteroatoms. The second-order valence-corrected chi connectivity index (χ2v) is 9.33. The summed E-state index contributed by atoms with van der Waals surface area (Å²) in [6, 6.07) is 10.7. The number of sulfonamides is 1. The zero-order valence-electron chi connectivity index (χ0n) is 18.2. The molecule has 3 N–H and O–H groups in total. The fourth-order valence-corrected chi connectivity index (χ4v) is 3.54. The van der Waals surface area contributed by atoms with Gasteiger partial charge in [0.1, 0.15) is 0 Å². The van der Waals surface area contributed by atoms with Gasteiger partial charge in [-0.05, 0) is 50.1 Å². The van der Waals surface area contributed by atoms with Crippen molar-refractivity contribution in [2.24, 2.45) is 0 Å². The van der Waals surface area contributed by atoms with Crippen LogP contribution in [0.4, 0.5) is 15.3 Å². The molecular formula is C21H26N4O6S2. The van der Waals surface area contributed by atoms with Gasteiger partial charge in [-0.3, -0.25) is 4.31 Å². The Morgan fingerprint density at radius 1 is 1.06 bits per heavy atom. The number of carbonyl (C=O) groups excluding carboxylic acids is 3. The largest absolute Gasteiger partial charge is 0.462 e. The predicted octanol–water partition coefficient (Wildman–Crippen LogP) is 2.93. The van der Waals surface area contributed by atoms with E-state index in [1.807, 2.05) is 11.6 Å². The first-order valence-corrected chi connectivity index (χ1v) is 11.8. The van der Waals surface area contributed by atoms with E-state index in [0.717, 1.165) is 9.87 Å². The molecule has 0 saturated carbocycles. The SMILES string of the molecule is Cc1ccc(S(=O)(=O)NC(=O)Nc2cccc(C(=O)OCCCCNC(=O)N(C)S)c2)cc1. The Balaban J connectivity index is 1.83. The van der Waals surface area contributed by atoms with E-state index in [1.54, 1.807) is 12.1 Å². The van der Waals surface area contributed by atoms with E-state index in [-0.39, 0.29) is 28.8 Å². The van der Waals surface area contributed by atoms with Crippen LogP contribution in [0, 0.1) is 6.92 Å². The normalized spacial score (nSPS) is 10.8. The molecule has 0 aromatic heterocycles. The van der Waals surface area contributed by atoms with Crippen LogP contribution in [-0.4, -0.2) is 51.0 Å². The van der Waals surface area contributed by atoms with Crippen molar-refractivity contribution in [2.45, 2.75) is 24.7 Å². The number of hydrogen-bond acceptors (Lipinski definition) is 7. The van der Waals surface area contributed by atoms with E-state index >= 15 is 0 Å². The summed E-state index contributed by atoms with van der Waals surface area (Å²) in [6.07, 6.45) is 1.15. The Morgan fingerprint density at radius 2 is 1.76 bits per heavy atom. The van der Waals surface area contributed by atoms with Crippen LogP contribution < -0.4 is 15.4 Å². The zero-order valence-corrected chi connectivity index (χ0v) is 19.9. The van der Waals surface area contributed by atoms with Gasteiger partial charge in [-0.1, -0.05) is 36.6 Å². The summed E-state index contributed by atoms with van der Waals surface area (Å²) in [5, 5.41) is 5.03. The van der Waals surface area contributed by atoms with E-state index in [1.165, 1.54) is 43.4 Å². The van der Waals surface area contributed by atoms with Crippen molar-refractivity contribution in [3.8, 4) is 0 Å². The Morgan fingerprint density at radius 3 is 2.42 bits per heavy atom. The average Bonchev–Trinajstić information content (AvgIpc) is 2.75. The molecule has 0 atom stereocenters. The van der Waals surface area contributed by atoms with Crippen LogP contribution in [0.25, 0.3) is 0 Å². The minimum atomic E-state index is -4.04. The average molecular weight is 495 g/mol. The second kappa shape index (κ2) is 12.1. The number of esters is 1. The molecule has 4 amide bonds. The molecule has 0 fully saturated rings. The Hall–Kier alpha value is -3.25. The van der Waals surface area contributed by atoms with Crippen molar-refractivity contribution >= 4 is 46.6 Å². The van der Waals surface area contributed by atoms with Crippen LogP contribution in [-0.2, 0) is 14.8 Å². The first-order chi connectivity index (χ1) is 15.6. The lowest BCUT2D eigenvalue weighted by Crippen LogP contribution is -2.34. The molecule has 0 bridgehead atoms. The number of amides is 4. The van der Waals surface area contributed by atoms with Crippen molar-refractivity contribution in [2.75, 3.05) is 25.5 Å². The van der Waals surface area contributed by atoms with Crippen LogP contribution >= 0.6 is 12.8 Å². The molecule has 10 nitrogen and oxygen atoms in total. The lowest BCUT2D eigenvalue weighted by atomic mass is 10.2. The maximum atomic E-state index is 12.3.